The van der Waals surface area contributed by atoms with Crippen LogP contribution in [0.4, 0.5) is 22.0 Å². The number of benzene rings is 3. The van der Waals surface area contributed by atoms with E-state index in [1.54, 1.807) is 42.5 Å². The maximum absolute atomic E-state index is 12.9. The first kappa shape index (κ1) is 32.0. The minimum atomic E-state index is -1.11. The topological polar surface area (TPSA) is 168 Å². The van der Waals surface area contributed by atoms with Crippen molar-refractivity contribution in [3.05, 3.63) is 107 Å². The van der Waals surface area contributed by atoms with Crippen LogP contribution in [0.1, 0.15) is 39.5 Å². The van der Waals surface area contributed by atoms with Gasteiger partial charge in [-0.2, -0.15) is 0 Å². The van der Waals surface area contributed by atoms with E-state index in [0.717, 1.165) is 5.56 Å². The maximum Gasteiger partial charge on any atom is 0.323 e. The van der Waals surface area contributed by atoms with Crippen molar-refractivity contribution in [2.45, 2.75) is 25.8 Å². The van der Waals surface area contributed by atoms with E-state index in [0.29, 0.717) is 34.0 Å². The zero-order valence-electron chi connectivity index (χ0n) is 24.9. The summed E-state index contributed by atoms with van der Waals surface area (Å²) >= 11 is 0. The van der Waals surface area contributed by atoms with Gasteiger partial charge in [0, 0.05) is 23.1 Å². The molecule has 232 valence electrons. The van der Waals surface area contributed by atoms with Crippen LogP contribution in [0, 0.1) is 6.92 Å². The number of carbonyl (C=O) groups excluding carboxylic acids is 3. The fourth-order valence-electron chi connectivity index (χ4n) is 4.41. The molecule has 1 atom stereocenters. The lowest BCUT2D eigenvalue weighted by Gasteiger charge is -2.18. The van der Waals surface area contributed by atoms with Crippen molar-refractivity contribution in [2.24, 2.45) is 0 Å². The van der Waals surface area contributed by atoms with E-state index in [1.807, 2.05) is 31.2 Å². The molecule has 0 saturated heterocycles. The number of carbonyl (C=O) groups is 4. The normalized spacial score (nSPS) is 11.1. The molecule has 3 aromatic carbocycles. The highest BCUT2D eigenvalue weighted by molar-refractivity contribution is 6.00. The van der Waals surface area contributed by atoms with Gasteiger partial charge in [0.2, 0.25) is 5.91 Å². The summed E-state index contributed by atoms with van der Waals surface area (Å²) in [5.41, 5.74) is 3.64. The first-order valence-corrected chi connectivity index (χ1v) is 13.9. The van der Waals surface area contributed by atoms with Crippen LogP contribution in [0.5, 0.6) is 11.5 Å². The molecule has 12 nitrogen and oxygen atoms in total. The number of rotatable bonds is 12. The first-order chi connectivity index (χ1) is 21.6. The third-order valence-corrected chi connectivity index (χ3v) is 6.76. The van der Waals surface area contributed by atoms with Crippen LogP contribution in [0.15, 0.2) is 85.1 Å². The molecule has 1 unspecified atom stereocenters. The summed E-state index contributed by atoms with van der Waals surface area (Å²) in [6.45, 7) is 1.90. The molecule has 4 rings (SSSR count). The van der Waals surface area contributed by atoms with Gasteiger partial charge in [-0.1, -0.05) is 36.4 Å². The number of pyridine rings is 1. The lowest BCUT2D eigenvalue weighted by Crippen LogP contribution is -2.30. The number of amides is 4. The van der Waals surface area contributed by atoms with Crippen molar-refractivity contribution in [3.8, 4) is 11.5 Å². The van der Waals surface area contributed by atoms with Crippen LogP contribution >= 0.6 is 0 Å². The quantitative estimate of drug-likeness (QED) is 0.146. The highest BCUT2D eigenvalue weighted by atomic mass is 16.5. The number of para-hydroxylation sites is 1. The minimum Gasteiger partial charge on any atom is -0.493 e. The second-order valence-corrected chi connectivity index (χ2v) is 9.99. The molecule has 0 spiro atoms. The van der Waals surface area contributed by atoms with Gasteiger partial charge >= 0.3 is 12.0 Å². The standard InChI is InChI=1S/C33H33N5O7/c1-20-6-4-5-7-25(20)37-33(43)35-24-12-8-21(9-13-24)16-30(39)38-29-15-11-23(19-34-29)26(18-31(40)41)36-32(42)22-10-14-27(44-2)28(17-22)45-3/h4-15,17,19,26H,16,18H2,1-3H3,(H,36,42)(H,40,41)(H,34,38,39)(H2,35,37,43). The van der Waals surface area contributed by atoms with Gasteiger partial charge in [-0.3, -0.25) is 14.4 Å². The molecular weight excluding hydrogens is 578 g/mol. The molecule has 0 fully saturated rings. The number of urea groups is 1. The summed E-state index contributed by atoms with van der Waals surface area (Å²) in [7, 11) is 2.93. The molecule has 0 bridgehead atoms. The third-order valence-electron chi connectivity index (χ3n) is 6.76. The van der Waals surface area contributed by atoms with Crippen LogP contribution in [-0.2, 0) is 16.0 Å². The van der Waals surface area contributed by atoms with Crippen LogP contribution in [0.3, 0.4) is 0 Å². The molecule has 12 heteroatoms. The van der Waals surface area contributed by atoms with E-state index < -0.39 is 17.9 Å². The number of carboxylic acids is 1. The Kier molecular flexibility index (Phi) is 10.7. The molecule has 0 aliphatic heterocycles. The Balaban J connectivity index is 1.33. The van der Waals surface area contributed by atoms with Gasteiger partial charge in [0.25, 0.3) is 5.91 Å². The Morgan fingerprint density at radius 1 is 0.844 bits per heavy atom. The molecule has 5 N–H and O–H groups in total. The van der Waals surface area contributed by atoms with Crippen LogP contribution in [0.2, 0.25) is 0 Å². The molecule has 0 radical (unpaired) electrons. The molecule has 0 aliphatic carbocycles. The summed E-state index contributed by atoms with van der Waals surface area (Å²) in [5.74, 6) is -0.876. The van der Waals surface area contributed by atoms with Crippen LogP contribution in [-0.4, -0.2) is 48.1 Å². The minimum absolute atomic E-state index is 0.0577. The number of aromatic nitrogens is 1. The van der Waals surface area contributed by atoms with Crippen molar-refractivity contribution < 1.29 is 33.8 Å². The van der Waals surface area contributed by atoms with E-state index in [1.165, 1.54) is 32.5 Å². The number of nitrogens with one attached hydrogen (secondary N) is 4. The summed E-state index contributed by atoms with van der Waals surface area (Å²) in [5, 5.41) is 20.4. The zero-order valence-corrected chi connectivity index (χ0v) is 24.9. The summed E-state index contributed by atoms with van der Waals surface area (Å²) in [6, 6.07) is 20.8. The Morgan fingerprint density at radius 2 is 1.58 bits per heavy atom. The van der Waals surface area contributed by atoms with Gasteiger partial charge in [-0.15, -0.1) is 0 Å². The highest BCUT2D eigenvalue weighted by Crippen LogP contribution is 2.28. The van der Waals surface area contributed by atoms with E-state index in [4.69, 9.17) is 9.47 Å². The van der Waals surface area contributed by atoms with Gasteiger partial charge in [0.05, 0.1) is 33.1 Å². The maximum atomic E-state index is 12.9. The highest BCUT2D eigenvalue weighted by Gasteiger charge is 2.21. The summed E-state index contributed by atoms with van der Waals surface area (Å²) in [6.07, 6.45) is 1.08. The molecule has 45 heavy (non-hydrogen) atoms. The van der Waals surface area contributed by atoms with Gasteiger partial charge in [0.15, 0.2) is 11.5 Å². The number of hydrogen-bond acceptors (Lipinski definition) is 7. The second kappa shape index (κ2) is 15.0. The molecular formula is C33H33N5O7. The van der Waals surface area contributed by atoms with E-state index in [-0.39, 0.29) is 36.2 Å². The van der Waals surface area contributed by atoms with Gasteiger partial charge < -0.3 is 35.8 Å². The zero-order chi connectivity index (χ0) is 32.3. The van der Waals surface area contributed by atoms with Crippen LogP contribution in [0.25, 0.3) is 0 Å². The molecule has 1 aromatic heterocycles. The second-order valence-electron chi connectivity index (χ2n) is 9.99. The number of anilines is 3. The number of methoxy groups -OCH3 is 2. The molecule has 4 amide bonds. The largest absolute Gasteiger partial charge is 0.493 e. The van der Waals surface area contributed by atoms with E-state index in [2.05, 4.69) is 26.3 Å². The van der Waals surface area contributed by atoms with Crippen molar-refractivity contribution in [1.29, 1.82) is 0 Å². The number of nitrogens with zero attached hydrogens (tertiary/aromatic N) is 1. The van der Waals surface area contributed by atoms with E-state index >= 15 is 0 Å². The first-order valence-electron chi connectivity index (χ1n) is 13.9. The Hall–Kier alpha value is -5.91. The van der Waals surface area contributed by atoms with Crippen LogP contribution < -0.4 is 30.7 Å². The Morgan fingerprint density at radius 3 is 2.22 bits per heavy atom. The Bertz CT molecular complexity index is 1670. The predicted molar refractivity (Wildman–Crippen MR) is 169 cm³/mol. The van der Waals surface area contributed by atoms with Gasteiger partial charge in [0.1, 0.15) is 5.82 Å². The Labute approximate surface area is 259 Å². The average molecular weight is 612 g/mol. The van der Waals surface area contributed by atoms with Gasteiger partial charge in [-0.05, 0) is 66.1 Å². The average Bonchev–Trinajstić information content (AvgIpc) is 3.02. The molecule has 0 saturated carbocycles. The van der Waals surface area contributed by atoms with Crippen molar-refractivity contribution in [3.63, 3.8) is 0 Å². The lowest BCUT2D eigenvalue weighted by molar-refractivity contribution is -0.137. The van der Waals surface area contributed by atoms with Crippen molar-refractivity contribution in [2.75, 3.05) is 30.2 Å². The molecule has 1 heterocycles. The summed E-state index contributed by atoms with van der Waals surface area (Å²) in [4.78, 5) is 53.7. The number of ether oxygens (including phenoxy) is 2. The number of aliphatic carboxylic acids is 1. The monoisotopic (exact) mass is 611 g/mol. The lowest BCUT2D eigenvalue weighted by atomic mass is 10.0. The number of aryl methyl sites for hydroxylation is 1. The van der Waals surface area contributed by atoms with Crippen molar-refractivity contribution >= 4 is 41.0 Å². The SMILES string of the molecule is COc1ccc(C(=O)NC(CC(=O)O)c2ccc(NC(=O)Cc3ccc(NC(=O)Nc4ccccc4C)cc3)nc2)cc1OC. The summed E-state index contributed by atoms with van der Waals surface area (Å²) < 4.78 is 10.4. The molecule has 0 aliphatic rings. The fraction of sp³-hybridized carbons (Fsp3) is 0.182. The predicted octanol–water partition coefficient (Wildman–Crippen LogP) is 5.18. The van der Waals surface area contributed by atoms with Gasteiger partial charge in [-0.25, -0.2) is 9.78 Å². The molecule has 4 aromatic rings. The third kappa shape index (κ3) is 9.04. The number of hydrogen-bond donors (Lipinski definition) is 5. The van der Waals surface area contributed by atoms with E-state index in [9.17, 15) is 24.3 Å². The van der Waals surface area contributed by atoms with Crippen molar-refractivity contribution in [1.82, 2.24) is 10.3 Å². The fourth-order valence-corrected chi connectivity index (χ4v) is 4.41. The smallest absolute Gasteiger partial charge is 0.323 e. The number of carboxylic acid groups (broad SMARTS) is 1.